The van der Waals surface area contributed by atoms with Crippen molar-refractivity contribution in [1.29, 1.82) is 0 Å². The number of nitrogens with one attached hydrogen (secondary N) is 1. The molecule has 180 valence electrons. The number of hydrogen-bond acceptors (Lipinski definition) is 3. The van der Waals surface area contributed by atoms with Gasteiger partial charge in [-0.25, -0.2) is 9.18 Å². The van der Waals surface area contributed by atoms with Crippen LogP contribution in [0.5, 0.6) is 0 Å². The summed E-state index contributed by atoms with van der Waals surface area (Å²) in [5, 5.41) is 2.86. The highest BCUT2D eigenvalue weighted by Gasteiger charge is 2.49. The summed E-state index contributed by atoms with van der Waals surface area (Å²) in [6.45, 7) is 0.123. The van der Waals surface area contributed by atoms with Gasteiger partial charge in [-0.2, -0.15) is 13.2 Å². The molecule has 3 aromatic carbocycles. The van der Waals surface area contributed by atoms with Crippen LogP contribution in [0.3, 0.4) is 0 Å². The van der Waals surface area contributed by atoms with Gasteiger partial charge in [0.2, 0.25) is 5.91 Å². The zero-order valence-electron chi connectivity index (χ0n) is 18.5. The van der Waals surface area contributed by atoms with Crippen molar-refractivity contribution in [3.05, 3.63) is 100 Å². The van der Waals surface area contributed by atoms with E-state index in [0.717, 1.165) is 18.2 Å². The Kier molecular flexibility index (Phi) is 5.62. The lowest BCUT2D eigenvalue weighted by Crippen LogP contribution is -2.26. The summed E-state index contributed by atoms with van der Waals surface area (Å²) in [5.41, 5.74) is 0.492. The first-order valence-corrected chi connectivity index (χ1v) is 11.2. The number of halogens is 4. The number of benzene rings is 3. The van der Waals surface area contributed by atoms with E-state index in [9.17, 15) is 27.2 Å². The quantitative estimate of drug-likeness (QED) is 0.328. The maximum absolute atomic E-state index is 14.7. The molecule has 0 radical (unpaired) electrons. The Morgan fingerprint density at radius 2 is 1.77 bits per heavy atom. The molecule has 1 fully saturated rings. The molecule has 1 atom stereocenters. The predicted molar refractivity (Wildman–Crippen MR) is 120 cm³/mol. The molecule has 5 rings (SSSR count). The second-order valence-corrected chi connectivity index (χ2v) is 9.08. The summed E-state index contributed by atoms with van der Waals surface area (Å²) in [6, 6.07) is 16.2. The van der Waals surface area contributed by atoms with E-state index in [1.54, 1.807) is 48.5 Å². The Labute approximate surface area is 198 Å². The number of carbonyl (C=O) groups excluding carboxylic acids is 2. The Morgan fingerprint density at radius 1 is 1.03 bits per heavy atom. The van der Waals surface area contributed by atoms with Crippen molar-refractivity contribution in [3.63, 3.8) is 0 Å². The van der Waals surface area contributed by atoms with Crippen molar-refractivity contribution < 1.29 is 31.9 Å². The SMILES string of the molecule is O=C1OCc2cc(NC(=O)C(CC3(c4cc(C(F)(F)F)ccc4F)CC3)c3ccccc3)ccc21. The minimum atomic E-state index is -4.59. The van der Waals surface area contributed by atoms with Crippen LogP contribution in [0.25, 0.3) is 0 Å². The highest BCUT2D eigenvalue weighted by molar-refractivity contribution is 5.98. The second-order valence-electron chi connectivity index (χ2n) is 9.08. The van der Waals surface area contributed by atoms with Crippen LogP contribution in [0.4, 0.5) is 23.2 Å². The molecule has 4 nitrogen and oxygen atoms in total. The van der Waals surface area contributed by atoms with Gasteiger partial charge in [0.15, 0.2) is 0 Å². The van der Waals surface area contributed by atoms with Gasteiger partial charge in [-0.3, -0.25) is 4.79 Å². The second kappa shape index (κ2) is 8.52. The van der Waals surface area contributed by atoms with Crippen molar-refractivity contribution in [2.75, 3.05) is 5.32 Å². The lowest BCUT2D eigenvalue weighted by molar-refractivity contribution is -0.137. The first-order valence-electron chi connectivity index (χ1n) is 11.2. The average Bonchev–Trinajstić information content (AvgIpc) is 3.53. The number of esters is 1. The van der Waals surface area contributed by atoms with E-state index in [1.165, 1.54) is 0 Å². The predicted octanol–water partition coefficient (Wildman–Crippen LogP) is 6.36. The molecule has 1 aliphatic heterocycles. The maximum atomic E-state index is 14.7. The van der Waals surface area contributed by atoms with Gasteiger partial charge in [-0.15, -0.1) is 0 Å². The topological polar surface area (TPSA) is 55.4 Å². The number of carbonyl (C=O) groups is 2. The number of cyclic esters (lactones) is 1. The lowest BCUT2D eigenvalue weighted by Gasteiger charge is -2.25. The van der Waals surface area contributed by atoms with E-state index in [0.29, 0.717) is 35.2 Å². The number of hydrogen-bond donors (Lipinski definition) is 1. The number of fused-ring (bicyclic) bond motifs is 1. The third kappa shape index (κ3) is 4.52. The van der Waals surface area contributed by atoms with Gasteiger partial charge in [0, 0.05) is 11.3 Å². The highest BCUT2D eigenvalue weighted by atomic mass is 19.4. The smallest absolute Gasteiger partial charge is 0.416 e. The van der Waals surface area contributed by atoms with Crippen molar-refractivity contribution in [3.8, 4) is 0 Å². The number of rotatable bonds is 6. The monoisotopic (exact) mass is 483 g/mol. The zero-order chi connectivity index (χ0) is 24.8. The third-order valence-electron chi connectivity index (χ3n) is 6.78. The Balaban J connectivity index is 1.45. The van der Waals surface area contributed by atoms with Gasteiger partial charge in [0.05, 0.1) is 17.0 Å². The molecule has 1 heterocycles. The van der Waals surface area contributed by atoms with Gasteiger partial charge in [0.25, 0.3) is 0 Å². The van der Waals surface area contributed by atoms with Crippen LogP contribution in [0.2, 0.25) is 0 Å². The Bertz CT molecular complexity index is 1300. The summed E-state index contributed by atoms with van der Waals surface area (Å²) in [6.07, 6.45) is -3.46. The van der Waals surface area contributed by atoms with E-state index >= 15 is 0 Å². The van der Waals surface area contributed by atoms with E-state index in [2.05, 4.69) is 5.32 Å². The summed E-state index contributed by atoms with van der Waals surface area (Å²) in [7, 11) is 0. The fourth-order valence-corrected chi connectivity index (χ4v) is 4.72. The molecule has 0 spiro atoms. The molecule has 0 aromatic heterocycles. The summed E-state index contributed by atoms with van der Waals surface area (Å²) >= 11 is 0. The normalized spacial score (nSPS) is 16.9. The largest absolute Gasteiger partial charge is 0.457 e. The summed E-state index contributed by atoms with van der Waals surface area (Å²) in [5.74, 6) is -2.20. The van der Waals surface area contributed by atoms with E-state index in [-0.39, 0.29) is 24.5 Å². The zero-order valence-corrected chi connectivity index (χ0v) is 18.5. The van der Waals surface area contributed by atoms with Crippen LogP contribution >= 0.6 is 0 Å². The average molecular weight is 483 g/mol. The highest BCUT2D eigenvalue weighted by Crippen LogP contribution is 2.55. The molecule has 35 heavy (non-hydrogen) atoms. The molecule has 1 amide bonds. The van der Waals surface area contributed by atoms with Gasteiger partial charge in [-0.05, 0) is 72.2 Å². The molecule has 8 heteroatoms. The Morgan fingerprint density at radius 3 is 2.46 bits per heavy atom. The molecule has 1 saturated carbocycles. The molecule has 0 saturated heterocycles. The number of ether oxygens (including phenoxy) is 1. The van der Waals surface area contributed by atoms with Crippen LogP contribution in [-0.2, 0) is 27.7 Å². The van der Waals surface area contributed by atoms with Crippen LogP contribution in [-0.4, -0.2) is 11.9 Å². The molecular weight excluding hydrogens is 462 g/mol. The van der Waals surface area contributed by atoms with Gasteiger partial charge < -0.3 is 10.1 Å². The van der Waals surface area contributed by atoms with Crippen molar-refractivity contribution in [2.24, 2.45) is 0 Å². The van der Waals surface area contributed by atoms with Crippen LogP contribution in [0.15, 0.2) is 66.7 Å². The molecule has 2 aliphatic rings. The van der Waals surface area contributed by atoms with Crippen LogP contribution < -0.4 is 5.32 Å². The van der Waals surface area contributed by atoms with E-state index in [4.69, 9.17) is 4.74 Å². The number of alkyl halides is 3. The first kappa shape index (κ1) is 23.1. The van der Waals surface area contributed by atoms with Crippen LogP contribution in [0.1, 0.15) is 57.8 Å². The fourth-order valence-electron chi connectivity index (χ4n) is 4.72. The molecule has 3 aromatic rings. The molecule has 1 N–H and O–H groups in total. The number of amides is 1. The summed E-state index contributed by atoms with van der Waals surface area (Å²) < 4.78 is 59.7. The third-order valence-corrected chi connectivity index (χ3v) is 6.78. The van der Waals surface area contributed by atoms with Crippen LogP contribution in [0, 0.1) is 5.82 Å². The maximum Gasteiger partial charge on any atom is 0.416 e. The molecule has 1 aliphatic carbocycles. The fraction of sp³-hybridized carbons (Fsp3) is 0.259. The van der Waals surface area contributed by atoms with Crippen molar-refractivity contribution in [1.82, 2.24) is 0 Å². The molecular formula is C27H21F4NO3. The van der Waals surface area contributed by atoms with E-state index in [1.807, 2.05) is 0 Å². The minimum Gasteiger partial charge on any atom is -0.457 e. The number of anilines is 1. The van der Waals surface area contributed by atoms with Crippen molar-refractivity contribution in [2.45, 2.75) is 43.4 Å². The first-order chi connectivity index (χ1) is 16.7. The van der Waals surface area contributed by atoms with Gasteiger partial charge in [0.1, 0.15) is 12.4 Å². The van der Waals surface area contributed by atoms with E-state index < -0.39 is 34.9 Å². The lowest BCUT2D eigenvalue weighted by atomic mass is 9.81. The molecule has 1 unspecified atom stereocenters. The Hall–Kier alpha value is -3.68. The van der Waals surface area contributed by atoms with Gasteiger partial charge in [-0.1, -0.05) is 30.3 Å². The van der Waals surface area contributed by atoms with Crippen molar-refractivity contribution >= 4 is 17.6 Å². The summed E-state index contributed by atoms with van der Waals surface area (Å²) in [4.78, 5) is 25.1. The molecule has 0 bridgehead atoms. The van der Waals surface area contributed by atoms with Gasteiger partial charge >= 0.3 is 12.1 Å². The minimum absolute atomic E-state index is 0.00533. The standard InChI is InChI=1S/C27H21F4NO3/c28-23-9-6-18(27(29,30)31)13-22(23)26(10-11-26)14-21(16-4-2-1-3-5-16)24(33)32-19-7-8-20-17(12-19)15-35-25(20)34/h1-9,12-13,21H,10-11,14-15H2,(H,32,33).